The van der Waals surface area contributed by atoms with Crippen LogP contribution in [0.3, 0.4) is 0 Å². The van der Waals surface area contributed by atoms with E-state index in [4.69, 9.17) is 0 Å². The minimum absolute atomic E-state index is 0.0554. The molecule has 0 unspecified atom stereocenters. The predicted octanol–water partition coefficient (Wildman–Crippen LogP) is 2.78. The van der Waals surface area contributed by atoms with Crippen molar-refractivity contribution in [1.29, 1.82) is 0 Å². The lowest BCUT2D eigenvalue weighted by atomic mass is 9.90. The molecule has 1 aromatic rings. The van der Waals surface area contributed by atoms with Gasteiger partial charge in [-0.3, -0.25) is 0 Å². The molecular weight excluding hydrogens is 188 g/mol. The van der Waals surface area contributed by atoms with E-state index in [-0.39, 0.29) is 16.7 Å². The highest BCUT2D eigenvalue weighted by atomic mass is 16.3. The van der Waals surface area contributed by atoms with Crippen molar-refractivity contribution in [1.82, 2.24) is 9.97 Å². The summed E-state index contributed by atoms with van der Waals surface area (Å²) in [6.07, 6.45) is 0. The second-order valence-electron chi connectivity index (χ2n) is 5.93. The monoisotopic (exact) mass is 208 g/mol. The summed E-state index contributed by atoms with van der Waals surface area (Å²) in [5, 5.41) is 9.57. The molecule has 0 aromatic carbocycles. The van der Waals surface area contributed by atoms with Crippen LogP contribution in [0.2, 0.25) is 0 Å². The van der Waals surface area contributed by atoms with Gasteiger partial charge in [0.05, 0.1) is 5.69 Å². The van der Waals surface area contributed by atoms with Crippen molar-refractivity contribution < 1.29 is 5.11 Å². The fourth-order valence-corrected chi connectivity index (χ4v) is 1.15. The highest BCUT2D eigenvalue weighted by molar-refractivity contribution is 5.22. The third-order valence-corrected chi connectivity index (χ3v) is 2.15. The number of rotatable bonds is 0. The van der Waals surface area contributed by atoms with Gasteiger partial charge < -0.3 is 5.11 Å². The first kappa shape index (κ1) is 12.0. The summed E-state index contributed by atoms with van der Waals surface area (Å²) >= 11 is 0. The van der Waals surface area contributed by atoms with Crippen LogP contribution in [0.25, 0.3) is 0 Å². The van der Waals surface area contributed by atoms with E-state index in [9.17, 15) is 5.11 Å². The molecule has 15 heavy (non-hydrogen) atoms. The van der Waals surface area contributed by atoms with E-state index in [2.05, 4.69) is 30.7 Å². The lowest BCUT2D eigenvalue weighted by molar-refractivity contribution is 0.426. The van der Waals surface area contributed by atoms with Gasteiger partial charge in [0.2, 0.25) is 5.88 Å². The molecule has 0 aliphatic heterocycles. The van der Waals surface area contributed by atoms with Crippen molar-refractivity contribution in [3.8, 4) is 5.88 Å². The molecule has 0 aliphatic rings. The van der Waals surface area contributed by atoms with Gasteiger partial charge in [-0.25, -0.2) is 4.98 Å². The molecule has 3 nitrogen and oxygen atoms in total. The Hall–Kier alpha value is -1.12. The molecule has 0 saturated carbocycles. The zero-order valence-corrected chi connectivity index (χ0v) is 10.4. The molecule has 0 fully saturated rings. The molecule has 3 heteroatoms. The molecule has 0 bridgehead atoms. The maximum atomic E-state index is 9.57. The Morgan fingerprint density at radius 1 is 0.933 bits per heavy atom. The van der Waals surface area contributed by atoms with Crippen LogP contribution in [0.5, 0.6) is 5.88 Å². The third-order valence-electron chi connectivity index (χ3n) is 2.15. The number of nitrogens with zero attached hydrogens (tertiary/aromatic N) is 2. The molecule has 0 amide bonds. The SMILES string of the molecule is CC(C)(C)c1cc(O)nc(C(C)(C)C)n1. The molecule has 0 radical (unpaired) electrons. The molecule has 0 spiro atoms. The van der Waals surface area contributed by atoms with Gasteiger partial charge >= 0.3 is 0 Å². The van der Waals surface area contributed by atoms with Crippen LogP contribution < -0.4 is 0 Å². The summed E-state index contributed by atoms with van der Waals surface area (Å²) in [6, 6.07) is 1.63. The summed E-state index contributed by atoms with van der Waals surface area (Å²) in [6.45, 7) is 12.3. The Morgan fingerprint density at radius 3 is 1.87 bits per heavy atom. The predicted molar refractivity (Wildman–Crippen MR) is 61.1 cm³/mol. The molecule has 84 valence electrons. The molecule has 1 aromatic heterocycles. The molecular formula is C12H20N2O. The van der Waals surface area contributed by atoms with Crippen LogP contribution in [0.15, 0.2) is 6.07 Å². The summed E-state index contributed by atoms with van der Waals surface area (Å²) in [5.41, 5.74) is 0.666. The van der Waals surface area contributed by atoms with Crippen molar-refractivity contribution in [2.45, 2.75) is 52.4 Å². The first-order chi connectivity index (χ1) is 6.60. The second-order valence-corrected chi connectivity index (χ2v) is 5.93. The van der Waals surface area contributed by atoms with Crippen LogP contribution in [0.4, 0.5) is 0 Å². The normalized spacial score (nSPS) is 12.9. The van der Waals surface area contributed by atoms with Crippen LogP contribution in [-0.2, 0) is 10.8 Å². The first-order valence-corrected chi connectivity index (χ1v) is 5.20. The van der Waals surface area contributed by atoms with Crippen molar-refractivity contribution >= 4 is 0 Å². The van der Waals surface area contributed by atoms with Crippen molar-refractivity contribution in [2.24, 2.45) is 0 Å². The Labute approximate surface area is 91.6 Å². The van der Waals surface area contributed by atoms with E-state index < -0.39 is 0 Å². The van der Waals surface area contributed by atoms with E-state index in [1.165, 1.54) is 0 Å². The maximum Gasteiger partial charge on any atom is 0.214 e. The highest BCUT2D eigenvalue weighted by Gasteiger charge is 2.23. The fraction of sp³-hybridized carbons (Fsp3) is 0.667. The summed E-state index contributed by atoms with van der Waals surface area (Å²) in [4.78, 5) is 8.57. The maximum absolute atomic E-state index is 9.57. The quantitative estimate of drug-likeness (QED) is 0.713. The Balaban J connectivity index is 3.30. The van der Waals surface area contributed by atoms with Crippen LogP contribution in [-0.4, -0.2) is 15.1 Å². The summed E-state index contributed by atoms with van der Waals surface area (Å²) in [7, 11) is 0. The smallest absolute Gasteiger partial charge is 0.214 e. The van der Waals surface area contributed by atoms with E-state index in [1.54, 1.807) is 6.07 Å². The lowest BCUT2D eigenvalue weighted by Gasteiger charge is -2.22. The van der Waals surface area contributed by atoms with Crippen LogP contribution in [0.1, 0.15) is 53.1 Å². The van der Waals surface area contributed by atoms with E-state index in [0.717, 1.165) is 5.69 Å². The van der Waals surface area contributed by atoms with Gasteiger partial charge in [-0.15, -0.1) is 0 Å². The minimum atomic E-state index is -0.140. The van der Waals surface area contributed by atoms with Gasteiger partial charge in [-0.1, -0.05) is 41.5 Å². The van der Waals surface area contributed by atoms with E-state index >= 15 is 0 Å². The Morgan fingerprint density at radius 2 is 1.47 bits per heavy atom. The van der Waals surface area contributed by atoms with E-state index in [1.807, 2.05) is 20.8 Å². The molecule has 1 N–H and O–H groups in total. The average Bonchev–Trinajstić information content (AvgIpc) is 1.99. The molecule has 0 atom stereocenters. The molecule has 0 saturated heterocycles. The van der Waals surface area contributed by atoms with Gasteiger partial charge in [0.15, 0.2) is 0 Å². The van der Waals surface area contributed by atoms with Gasteiger partial charge in [0.1, 0.15) is 5.82 Å². The van der Waals surface area contributed by atoms with Crippen molar-refractivity contribution in [3.63, 3.8) is 0 Å². The zero-order chi connectivity index (χ0) is 11.9. The summed E-state index contributed by atoms with van der Waals surface area (Å²) in [5.74, 6) is 0.743. The Kier molecular flexibility index (Phi) is 2.77. The second kappa shape index (κ2) is 3.47. The van der Waals surface area contributed by atoms with E-state index in [0.29, 0.717) is 5.82 Å². The minimum Gasteiger partial charge on any atom is -0.493 e. The highest BCUT2D eigenvalue weighted by Crippen LogP contribution is 2.26. The first-order valence-electron chi connectivity index (χ1n) is 5.20. The fourth-order valence-electron chi connectivity index (χ4n) is 1.15. The summed E-state index contributed by atoms with van der Waals surface area (Å²) < 4.78 is 0. The third kappa shape index (κ3) is 2.91. The average molecular weight is 208 g/mol. The van der Waals surface area contributed by atoms with Crippen molar-refractivity contribution in [2.75, 3.05) is 0 Å². The number of aromatic hydroxyl groups is 1. The number of hydrogen-bond acceptors (Lipinski definition) is 3. The molecule has 0 aliphatic carbocycles. The van der Waals surface area contributed by atoms with Gasteiger partial charge in [0, 0.05) is 16.9 Å². The standard InChI is InChI=1S/C12H20N2O/c1-11(2,3)8-7-9(15)14-10(13-8)12(4,5)6/h7H,1-6H3,(H,13,14,15). The van der Waals surface area contributed by atoms with Gasteiger partial charge in [-0.05, 0) is 0 Å². The van der Waals surface area contributed by atoms with Gasteiger partial charge in [0.25, 0.3) is 0 Å². The Bertz CT molecular complexity index is 327. The zero-order valence-electron chi connectivity index (χ0n) is 10.4. The number of hydrogen-bond donors (Lipinski definition) is 1. The van der Waals surface area contributed by atoms with Crippen LogP contribution in [0, 0.1) is 0 Å². The topological polar surface area (TPSA) is 46.0 Å². The largest absolute Gasteiger partial charge is 0.493 e. The number of aromatic nitrogens is 2. The molecule has 1 heterocycles. The lowest BCUT2D eigenvalue weighted by Crippen LogP contribution is -2.21. The molecule has 1 rings (SSSR count). The van der Waals surface area contributed by atoms with Crippen LogP contribution >= 0.6 is 0 Å². The van der Waals surface area contributed by atoms with Crippen molar-refractivity contribution in [3.05, 3.63) is 17.6 Å². The van der Waals surface area contributed by atoms with Gasteiger partial charge in [-0.2, -0.15) is 4.98 Å².